The molecule has 8 nitrogen and oxygen atoms in total. The van der Waals surface area contributed by atoms with Crippen LogP contribution in [0.5, 0.6) is 5.88 Å². The summed E-state index contributed by atoms with van der Waals surface area (Å²) in [5.41, 5.74) is 0.133. The molecule has 0 aliphatic heterocycles. The van der Waals surface area contributed by atoms with Crippen LogP contribution in [0, 0.1) is 0 Å². The minimum Gasteiger partial charge on any atom is -0.473 e. The summed E-state index contributed by atoms with van der Waals surface area (Å²) < 4.78 is 10.3. The number of halogens is 1. The smallest absolute Gasteiger partial charge is 0.358 e. The van der Waals surface area contributed by atoms with Crippen LogP contribution in [-0.4, -0.2) is 53.4 Å². The Balaban J connectivity index is 1.78. The van der Waals surface area contributed by atoms with E-state index >= 15 is 0 Å². The Kier molecular flexibility index (Phi) is 5.42. The van der Waals surface area contributed by atoms with Crippen molar-refractivity contribution in [3.05, 3.63) is 35.4 Å². The van der Waals surface area contributed by atoms with E-state index in [2.05, 4.69) is 20.2 Å². The number of carbonyl (C=O) groups excluding carboxylic acids is 1. The first-order valence-electron chi connectivity index (χ1n) is 6.35. The molecule has 2 heterocycles. The van der Waals surface area contributed by atoms with Gasteiger partial charge >= 0.3 is 5.97 Å². The zero-order chi connectivity index (χ0) is 15.9. The van der Waals surface area contributed by atoms with Crippen LogP contribution in [0.3, 0.4) is 0 Å². The second-order valence-electron chi connectivity index (χ2n) is 4.34. The van der Waals surface area contributed by atoms with Gasteiger partial charge in [-0.25, -0.2) is 4.79 Å². The average Bonchev–Trinajstić information content (AvgIpc) is 2.51. The monoisotopic (exact) mass is 323 g/mol. The number of hydrogen-bond donors (Lipinski definition) is 0. The summed E-state index contributed by atoms with van der Waals surface area (Å²) in [6, 6.07) is 3.23. The lowest BCUT2D eigenvalue weighted by Gasteiger charge is -2.10. The van der Waals surface area contributed by atoms with E-state index < -0.39 is 5.97 Å². The van der Waals surface area contributed by atoms with Crippen molar-refractivity contribution >= 4 is 23.4 Å². The summed E-state index contributed by atoms with van der Waals surface area (Å²) in [4.78, 5) is 21.2. The third kappa shape index (κ3) is 4.52. The van der Waals surface area contributed by atoms with Crippen LogP contribution in [0.4, 0.5) is 5.82 Å². The fourth-order valence-electron chi connectivity index (χ4n) is 1.42. The maximum Gasteiger partial charge on any atom is 0.358 e. The molecule has 22 heavy (non-hydrogen) atoms. The molecule has 0 radical (unpaired) electrons. The van der Waals surface area contributed by atoms with Crippen LogP contribution in [0.15, 0.2) is 24.5 Å². The molecule has 0 saturated heterocycles. The molecular formula is C13H14ClN5O3. The van der Waals surface area contributed by atoms with E-state index in [1.165, 1.54) is 12.4 Å². The molecule has 0 aliphatic rings. The topological polar surface area (TPSA) is 90.3 Å². The van der Waals surface area contributed by atoms with Crippen molar-refractivity contribution in [3.8, 4) is 5.88 Å². The Morgan fingerprint density at radius 3 is 2.68 bits per heavy atom. The molecule has 9 heteroatoms. The molecule has 0 aromatic carbocycles. The van der Waals surface area contributed by atoms with E-state index in [4.69, 9.17) is 21.1 Å². The summed E-state index contributed by atoms with van der Waals surface area (Å²) in [6.45, 7) is 0.175. The quantitative estimate of drug-likeness (QED) is 0.579. The van der Waals surface area contributed by atoms with Gasteiger partial charge in [-0.3, -0.25) is 4.98 Å². The van der Waals surface area contributed by atoms with Gasteiger partial charge in [0.15, 0.2) is 16.7 Å². The number of aromatic nitrogens is 4. The number of ether oxygens (including phenoxy) is 2. The van der Waals surface area contributed by atoms with Gasteiger partial charge in [-0.15, -0.1) is 10.2 Å². The molecule has 0 N–H and O–H groups in total. The molecule has 2 aromatic heterocycles. The standard InChI is InChI=1S/C13H14ClN5O3/c1-19(2)11-4-3-9(17-18-11)13(20)22-6-5-21-12-8-15-7-10(14)16-12/h3-4,7-8H,5-6H2,1-2H3. The van der Waals surface area contributed by atoms with Crippen LogP contribution >= 0.6 is 11.6 Å². The Bertz CT molecular complexity index is 636. The molecule has 0 saturated carbocycles. The fourth-order valence-corrected chi connectivity index (χ4v) is 1.56. The van der Waals surface area contributed by atoms with Gasteiger partial charge < -0.3 is 14.4 Å². The molecule has 2 aromatic rings. The number of hydrogen-bond acceptors (Lipinski definition) is 8. The van der Waals surface area contributed by atoms with Crippen LogP contribution in [-0.2, 0) is 4.74 Å². The average molecular weight is 324 g/mol. The molecule has 0 unspecified atom stereocenters. The van der Waals surface area contributed by atoms with Crippen molar-refractivity contribution < 1.29 is 14.3 Å². The van der Waals surface area contributed by atoms with Gasteiger partial charge in [0.2, 0.25) is 5.88 Å². The largest absolute Gasteiger partial charge is 0.473 e. The summed E-state index contributed by atoms with van der Waals surface area (Å²) in [6.07, 6.45) is 2.81. The lowest BCUT2D eigenvalue weighted by Crippen LogP contribution is -2.16. The number of rotatable bonds is 6. The second-order valence-corrected chi connectivity index (χ2v) is 4.72. The first-order valence-corrected chi connectivity index (χ1v) is 6.72. The highest BCUT2D eigenvalue weighted by Crippen LogP contribution is 2.09. The van der Waals surface area contributed by atoms with E-state index in [0.29, 0.717) is 5.82 Å². The van der Waals surface area contributed by atoms with Gasteiger partial charge in [-0.2, -0.15) is 4.98 Å². The van der Waals surface area contributed by atoms with Crippen molar-refractivity contribution in [2.45, 2.75) is 0 Å². The van der Waals surface area contributed by atoms with Crippen LogP contribution in [0.1, 0.15) is 10.5 Å². The molecule has 0 spiro atoms. The molecule has 0 amide bonds. The molecule has 0 fully saturated rings. The van der Waals surface area contributed by atoms with Gasteiger partial charge in [0.05, 0.1) is 12.4 Å². The van der Waals surface area contributed by atoms with Gasteiger partial charge in [0, 0.05) is 14.1 Å². The predicted molar refractivity (Wildman–Crippen MR) is 79.2 cm³/mol. The SMILES string of the molecule is CN(C)c1ccc(C(=O)OCCOc2cncc(Cl)n2)nn1. The van der Waals surface area contributed by atoms with E-state index in [1.54, 1.807) is 17.0 Å². The third-order valence-electron chi connectivity index (χ3n) is 2.47. The van der Waals surface area contributed by atoms with Gasteiger partial charge in [0.1, 0.15) is 13.2 Å². The Labute approximate surface area is 132 Å². The zero-order valence-corrected chi connectivity index (χ0v) is 12.8. The molecule has 2 rings (SSSR count). The van der Waals surface area contributed by atoms with E-state index in [1.807, 2.05) is 14.1 Å². The van der Waals surface area contributed by atoms with Gasteiger partial charge in [-0.05, 0) is 12.1 Å². The lowest BCUT2D eigenvalue weighted by molar-refractivity contribution is 0.0439. The van der Waals surface area contributed by atoms with Crippen LogP contribution in [0.25, 0.3) is 0 Å². The fraction of sp³-hybridized carbons (Fsp3) is 0.308. The van der Waals surface area contributed by atoms with Gasteiger partial charge in [-0.1, -0.05) is 11.6 Å². The Morgan fingerprint density at radius 2 is 2.05 bits per heavy atom. The van der Waals surface area contributed by atoms with E-state index in [0.717, 1.165) is 0 Å². The van der Waals surface area contributed by atoms with E-state index in [-0.39, 0.29) is 29.9 Å². The maximum absolute atomic E-state index is 11.7. The molecule has 116 valence electrons. The molecule has 0 atom stereocenters. The second kappa shape index (κ2) is 7.51. The molecule has 0 aliphatic carbocycles. The van der Waals surface area contributed by atoms with Gasteiger partial charge in [0.25, 0.3) is 0 Å². The maximum atomic E-state index is 11.7. The number of esters is 1. The highest BCUT2D eigenvalue weighted by Gasteiger charge is 2.10. The first kappa shape index (κ1) is 15.9. The summed E-state index contributed by atoms with van der Waals surface area (Å²) >= 11 is 5.67. The molecule has 0 bridgehead atoms. The first-order chi connectivity index (χ1) is 10.6. The normalized spacial score (nSPS) is 10.1. The highest BCUT2D eigenvalue weighted by molar-refractivity contribution is 6.29. The summed E-state index contributed by atoms with van der Waals surface area (Å²) in [7, 11) is 3.66. The van der Waals surface area contributed by atoms with Crippen molar-refractivity contribution in [2.24, 2.45) is 0 Å². The minimum absolute atomic E-state index is 0.0458. The van der Waals surface area contributed by atoms with Crippen molar-refractivity contribution in [1.82, 2.24) is 20.2 Å². The van der Waals surface area contributed by atoms with Crippen molar-refractivity contribution in [2.75, 3.05) is 32.2 Å². The van der Waals surface area contributed by atoms with Crippen molar-refractivity contribution in [3.63, 3.8) is 0 Å². The highest BCUT2D eigenvalue weighted by atomic mass is 35.5. The zero-order valence-electron chi connectivity index (χ0n) is 12.1. The lowest BCUT2D eigenvalue weighted by atomic mass is 10.4. The Morgan fingerprint density at radius 1 is 1.23 bits per heavy atom. The van der Waals surface area contributed by atoms with Crippen LogP contribution < -0.4 is 9.64 Å². The summed E-state index contributed by atoms with van der Waals surface area (Å²) in [5, 5.41) is 7.92. The number of nitrogens with zero attached hydrogens (tertiary/aromatic N) is 5. The number of anilines is 1. The van der Waals surface area contributed by atoms with Crippen molar-refractivity contribution in [1.29, 1.82) is 0 Å². The van der Waals surface area contributed by atoms with Crippen LogP contribution in [0.2, 0.25) is 5.15 Å². The molecular weight excluding hydrogens is 310 g/mol. The Hall–Kier alpha value is -2.48. The summed E-state index contributed by atoms with van der Waals surface area (Å²) in [5.74, 6) is 0.344. The predicted octanol–water partition coefficient (Wildman–Crippen LogP) is 1.22. The van der Waals surface area contributed by atoms with E-state index in [9.17, 15) is 4.79 Å². The number of carbonyl (C=O) groups is 1. The minimum atomic E-state index is -0.571. The third-order valence-corrected chi connectivity index (χ3v) is 2.65.